The van der Waals surface area contributed by atoms with Gasteiger partial charge in [0.15, 0.2) is 6.61 Å². The number of hydrogen-bond donors (Lipinski definition) is 2. The first kappa shape index (κ1) is 20.5. The van der Waals surface area contributed by atoms with Crippen LogP contribution in [-0.4, -0.2) is 24.5 Å². The fraction of sp³-hybridized carbons (Fsp3) is 0.364. The summed E-state index contributed by atoms with van der Waals surface area (Å²) in [5, 5.41) is 5.58. The number of rotatable bonds is 6. The number of hydrogen-bond acceptors (Lipinski definition) is 3. The van der Waals surface area contributed by atoms with Gasteiger partial charge in [0.05, 0.1) is 0 Å². The van der Waals surface area contributed by atoms with E-state index in [4.69, 9.17) is 4.74 Å². The lowest BCUT2D eigenvalue weighted by molar-refractivity contribution is -0.118. The molecule has 0 atom stereocenters. The topological polar surface area (TPSA) is 67.4 Å². The molecule has 0 fully saturated rings. The minimum Gasteiger partial charge on any atom is -0.484 e. The van der Waals surface area contributed by atoms with Gasteiger partial charge in [0.2, 0.25) is 0 Å². The summed E-state index contributed by atoms with van der Waals surface area (Å²) < 4.78 is 5.55. The van der Waals surface area contributed by atoms with E-state index >= 15 is 0 Å². The molecule has 2 aromatic carbocycles. The molecular formula is C22H28N2O3. The van der Waals surface area contributed by atoms with Gasteiger partial charge in [-0.05, 0) is 55.2 Å². The van der Waals surface area contributed by atoms with Crippen molar-refractivity contribution in [3.63, 3.8) is 0 Å². The number of amides is 2. The van der Waals surface area contributed by atoms with E-state index in [9.17, 15) is 9.59 Å². The predicted molar refractivity (Wildman–Crippen MR) is 108 cm³/mol. The Balaban J connectivity index is 1.91. The fourth-order valence-corrected chi connectivity index (χ4v) is 2.48. The lowest BCUT2D eigenvalue weighted by atomic mass is 9.87. The normalized spacial score (nSPS) is 11.2. The number of carbonyl (C=O) groups is 2. The number of nitrogens with one attached hydrogen (secondary N) is 2. The molecule has 5 heteroatoms. The van der Waals surface area contributed by atoms with Crippen molar-refractivity contribution in [2.75, 3.05) is 11.9 Å². The Hall–Kier alpha value is -2.82. The van der Waals surface area contributed by atoms with Crippen LogP contribution in [-0.2, 0) is 10.2 Å². The first-order valence-corrected chi connectivity index (χ1v) is 9.09. The summed E-state index contributed by atoms with van der Waals surface area (Å²) in [6.07, 6.45) is 0. The predicted octanol–water partition coefficient (Wildman–Crippen LogP) is 4.14. The van der Waals surface area contributed by atoms with Gasteiger partial charge in [-0.15, -0.1) is 0 Å². The van der Waals surface area contributed by atoms with Gasteiger partial charge in [0.1, 0.15) is 5.75 Å². The molecule has 0 radical (unpaired) electrons. The molecule has 0 bridgehead atoms. The van der Waals surface area contributed by atoms with Crippen molar-refractivity contribution >= 4 is 17.5 Å². The highest BCUT2D eigenvalue weighted by Crippen LogP contribution is 2.24. The van der Waals surface area contributed by atoms with E-state index in [2.05, 4.69) is 31.4 Å². The summed E-state index contributed by atoms with van der Waals surface area (Å²) in [4.78, 5) is 24.2. The Morgan fingerprint density at radius 3 is 2.30 bits per heavy atom. The molecule has 2 aromatic rings. The third kappa shape index (κ3) is 6.44. The van der Waals surface area contributed by atoms with E-state index in [1.165, 1.54) is 5.56 Å². The number of carbonyl (C=O) groups excluding carboxylic acids is 2. The van der Waals surface area contributed by atoms with Gasteiger partial charge >= 0.3 is 0 Å². The van der Waals surface area contributed by atoms with E-state index in [1.54, 1.807) is 24.3 Å². The van der Waals surface area contributed by atoms with Gasteiger partial charge in [-0.1, -0.05) is 39.0 Å². The Labute approximate surface area is 161 Å². The second-order valence-corrected chi connectivity index (χ2v) is 7.82. The highest BCUT2D eigenvalue weighted by Gasteiger charge is 2.13. The zero-order valence-electron chi connectivity index (χ0n) is 16.6. The van der Waals surface area contributed by atoms with Crippen LogP contribution in [0, 0.1) is 0 Å². The maximum atomic E-state index is 12.1. The van der Waals surface area contributed by atoms with Crippen LogP contribution < -0.4 is 15.4 Å². The summed E-state index contributed by atoms with van der Waals surface area (Å²) in [7, 11) is 0. The monoisotopic (exact) mass is 368 g/mol. The number of ether oxygens (including phenoxy) is 1. The third-order valence-electron chi connectivity index (χ3n) is 3.92. The first-order chi connectivity index (χ1) is 12.6. The Morgan fingerprint density at radius 1 is 1.04 bits per heavy atom. The SMILES string of the molecule is CC(C)NC(=O)c1cccc(NC(=O)COc2ccc(C(C)(C)C)cc2)c1. The van der Waals surface area contributed by atoms with Gasteiger partial charge in [-0.2, -0.15) is 0 Å². The molecule has 5 nitrogen and oxygen atoms in total. The zero-order valence-corrected chi connectivity index (χ0v) is 16.6. The van der Waals surface area contributed by atoms with Crippen LogP contribution in [0.3, 0.4) is 0 Å². The molecule has 0 aromatic heterocycles. The summed E-state index contributed by atoms with van der Waals surface area (Å²) in [5.41, 5.74) is 2.34. The zero-order chi connectivity index (χ0) is 20.0. The maximum absolute atomic E-state index is 12.1. The van der Waals surface area contributed by atoms with E-state index in [1.807, 2.05) is 38.1 Å². The van der Waals surface area contributed by atoms with Crippen LogP contribution in [0.1, 0.15) is 50.5 Å². The summed E-state index contributed by atoms with van der Waals surface area (Å²) in [6, 6.07) is 14.6. The quantitative estimate of drug-likeness (QED) is 0.805. The largest absolute Gasteiger partial charge is 0.484 e. The molecule has 0 aliphatic heterocycles. The highest BCUT2D eigenvalue weighted by atomic mass is 16.5. The standard InChI is InChI=1S/C22H28N2O3/c1-15(2)23-21(26)16-7-6-8-18(13-16)24-20(25)14-27-19-11-9-17(10-12-19)22(3,4)5/h6-13,15H,14H2,1-5H3,(H,23,26)(H,24,25). The summed E-state index contributed by atoms with van der Waals surface area (Å²) in [5.74, 6) is 0.191. The Kier molecular flexibility index (Phi) is 6.61. The molecule has 27 heavy (non-hydrogen) atoms. The molecule has 2 amide bonds. The van der Waals surface area contributed by atoms with Crippen molar-refractivity contribution in [1.29, 1.82) is 0 Å². The van der Waals surface area contributed by atoms with E-state index in [-0.39, 0.29) is 29.9 Å². The molecule has 0 saturated carbocycles. The van der Waals surface area contributed by atoms with Crippen molar-refractivity contribution < 1.29 is 14.3 Å². The second-order valence-electron chi connectivity index (χ2n) is 7.82. The molecule has 144 valence electrons. The van der Waals surface area contributed by atoms with Crippen LogP contribution in [0.2, 0.25) is 0 Å². The molecule has 0 heterocycles. The van der Waals surface area contributed by atoms with Crippen molar-refractivity contribution in [1.82, 2.24) is 5.32 Å². The molecule has 0 unspecified atom stereocenters. The second kappa shape index (κ2) is 8.71. The first-order valence-electron chi connectivity index (χ1n) is 9.09. The van der Waals surface area contributed by atoms with Crippen LogP contribution in [0.4, 0.5) is 5.69 Å². The van der Waals surface area contributed by atoms with Crippen molar-refractivity contribution in [3.8, 4) is 5.75 Å². The number of anilines is 1. The van der Waals surface area contributed by atoms with E-state index in [0.717, 1.165) is 0 Å². The Bertz CT molecular complexity index is 790. The highest BCUT2D eigenvalue weighted by molar-refractivity contribution is 5.97. The van der Waals surface area contributed by atoms with Gasteiger partial charge in [0.25, 0.3) is 11.8 Å². The molecule has 0 spiro atoms. The van der Waals surface area contributed by atoms with Crippen LogP contribution in [0.5, 0.6) is 5.75 Å². The average molecular weight is 368 g/mol. The van der Waals surface area contributed by atoms with Gasteiger partial charge in [-0.3, -0.25) is 9.59 Å². The smallest absolute Gasteiger partial charge is 0.262 e. The van der Waals surface area contributed by atoms with Gasteiger partial charge < -0.3 is 15.4 Å². The van der Waals surface area contributed by atoms with Crippen molar-refractivity contribution in [2.45, 2.75) is 46.1 Å². The Morgan fingerprint density at radius 2 is 1.70 bits per heavy atom. The third-order valence-corrected chi connectivity index (χ3v) is 3.92. The van der Waals surface area contributed by atoms with Crippen LogP contribution in [0.15, 0.2) is 48.5 Å². The molecular weight excluding hydrogens is 340 g/mol. The lowest BCUT2D eigenvalue weighted by Crippen LogP contribution is -2.30. The van der Waals surface area contributed by atoms with Crippen molar-refractivity contribution in [3.05, 3.63) is 59.7 Å². The molecule has 0 saturated heterocycles. The van der Waals surface area contributed by atoms with E-state index in [0.29, 0.717) is 17.0 Å². The molecule has 0 aliphatic carbocycles. The number of benzene rings is 2. The summed E-state index contributed by atoms with van der Waals surface area (Å²) in [6.45, 7) is 10.1. The fourth-order valence-electron chi connectivity index (χ4n) is 2.48. The summed E-state index contributed by atoms with van der Waals surface area (Å²) >= 11 is 0. The molecule has 0 aliphatic rings. The van der Waals surface area contributed by atoms with E-state index < -0.39 is 0 Å². The minimum absolute atomic E-state index is 0.0498. The van der Waals surface area contributed by atoms with Gasteiger partial charge in [-0.25, -0.2) is 0 Å². The maximum Gasteiger partial charge on any atom is 0.262 e. The average Bonchev–Trinajstić information content (AvgIpc) is 2.59. The van der Waals surface area contributed by atoms with Crippen molar-refractivity contribution in [2.24, 2.45) is 0 Å². The molecule has 2 rings (SSSR count). The van der Waals surface area contributed by atoms with Gasteiger partial charge in [0, 0.05) is 17.3 Å². The lowest BCUT2D eigenvalue weighted by Gasteiger charge is -2.19. The molecule has 2 N–H and O–H groups in total. The van der Waals surface area contributed by atoms with Crippen LogP contribution in [0.25, 0.3) is 0 Å². The minimum atomic E-state index is -0.281. The van der Waals surface area contributed by atoms with Crippen LogP contribution >= 0.6 is 0 Å².